The van der Waals surface area contributed by atoms with E-state index in [2.05, 4.69) is 194 Å². The molecule has 252 valence electrons. The zero-order valence-corrected chi connectivity index (χ0v) is 29.9. The Morgan fingerprint density at radius 2 is 0.722 bits per heavy atom. The first kappa shape index (κ1) is 30.8. The summed E-state index contributed by atoms with van der Waals surface area (Å²) in [6, 6.07) is 63.4. The molecule has 4 aliphatic rings. The zero-order valence-electron chi connectivity index (χ0n) is 29.9. The number of hydrogen-bond donors (Lipinski definition) is 0. The number of allylic oxidation sites excluding steroid dienone is 7. The fourth-order valence-electron chi connectivity index (χ4n) is 9.20. The van der Waals surface area contributed by atoms with Crippen molar-refractivity contribution in [1.82, 2.24) is 0 Å². The van der Waals surface area contributed by atoms with E-state index in [9.17, 15) is 0 Å². The van der Waals surface area contributed by atoms with Crippen molar-refractivity contribution in [2.75, 3.05) is 0 Å². The van der Waals surface area contributed by atoms with Gasteiger partial charge in [-0.25, -0.2) is 0 Å². The van der Waals surface area contributed by atoms with Gasteiger partial charge < -0.3 is 0 Å². The SMILES string of the molecule is C1=Cc2cc(C3=C4C(=C(c5ccc6c(c5)CC=C6)c5cc(-c6ccccc6)c(-c6ccccc6)cc54)C(c4ccccc4)=C3c3ccccc3)ccc2C1. The minimum Gasteiger partial charge on any atom is -0.0795 e. The van der Waals surface area contributed by atoms with Crippen molar-refractivity contribution in [3.05, 3.63) is 243 Å². The van der Waals surface area contributed by atoms with Crippen LogP contribution in [0.3, 0.4) is 0 Å². The summed E-state index contributed by atoms with van der Waals surface area (Å²) in [6.07, 6.45) is 11.1. The molecule has 0 spiro atoms. The Kier molecular flexibility index (Phi) is 7.10. The van der Waals surface area contributed by atoms with E-state index >= 15 is 0 Å². The van der Waals surface area contributed by atoms with Gasteiger partial charge in [0.1, 0.15) is 0 Å². The summed E-state index contributed by atoms with van der Waals surface area (Å²) in [5.74, 6) is 0. The molecule has 0 saturated heterocycles. The van der Waals surface area contributed by atoms with E-state index in [1.807, 2.05) is 0 Å². The van der Waals surface area contributed by atoms with Gasteiger partial charge >= 0.3 is 0 Å². The smallest absolute Gasteiger partial charge is 0.000137 e. The molecule has 0 radical (unpaired) electrons. The summed E-state index contributed by atoms with van der Waals surface area (Å²) >= 11 is 0. The largest absolute Gasteiger partial charge is 0.0795 e. The van der Waals surface area contributed by atoms with E-state index in [0.29, 0.717) is 0 Å². The molecule has 4 aliphatic carbocycles. The average Bonchev–Trinajstić information content (AvgIpc) is 4.04. The van der Waals surface area contributed by atoms with Crippen LogP contribution in [0.5, 0.6) is 0 Å². The lowest BCUT2D eigenvalue weighted by molar-refractivity contribution is 1.30. The average molecular weight is 685 g/mol. The Balaban J connectivity index is 1.32. The highest BCUT2D eigenvalue weighted by Crippen LogP contribution is 2.62. The summed E-state index contributed by atoms with van der Waals surface area (Å²) in [7, 11) is 0. The Hall–Kier alpha value is -6.76. The molecule has 0 nitrogen and oxygen atoms in total. The van der Waals surface area contributed by atoms with Crippen LogP contribution in [0.4, 0.5) is 0 Å². The van der Waals surface area contributed by atoms with Crippen molar-refractivity contribution >= 4 is 40.0 Å². The van der Waals surface area contributed by atoms with Crippen LogP contribution >= 0.6 is 0 Å². The summed E-state index contributed by atoms with van der Waals surface area (Å²) < 4.78 is 0. The Morgan fingerprint density at radius 1 is 0.259 bits per heavy atom. The molecule has 0 heteroatoms. The molecule has 0 heterocycles. The molecule has 0 aliphatic heterocycles. The molecular formula is C54H36. The second-order valence-corrected chi connectivity index (χ2v) is 14.7. The predicted molar refractivity (Wildman–Crippen MR) is 228 cm³/mol. The molecule has 0 N–H and O–H groups in total. The van der Waals surface area contributed by atoms with Gasteiger partial charge in [0.2, 0.25) is 0 Å². The molecule has 7 aromatic carbocycles. The van der Waals surface area contributed by atoms with Gasteiger partial charge in [-0.3, -0.25) is 0 Å². The molecule has 7 aromatic rings. The van der Waals surface area contributed by atoms with Crippen molar-refractivity contribution in [2.45, 2.75) is 12.8 Å². The minimum absolute atomic E-state index is 0.966. The first-order chi connectivity index (χ1) is 26.8. The molecule has 0 atom stereocenters. The summed E-state index contributed by atoms with van der Waals surface area (Å²) in [5.41, 5.74) is 25.8. The van der Waals surface area contributed by atoms with Gasteiger partial charge in [0.05, 0.1) is 0 Å². The van der Waals surface area contributed by atoms with Crippen LogP contribution in [0.25, 0.3) is 62.3 Å². The third kappa shape index (κ3) is 4.84. The quantitative estimate of drug-likeness (QED) is 0.164. The molecule has 0 fully saturated rings. The van der Waals surface area contributed by atoms with Crippen molar-refractivity contribution in [1.29, 1.82) is 0 Å². The number of benzene rings is 7. The number of rotatable bonds is 6. The molecule has 0 aromatic heterocycles. The highest BCUT2D eigenvalue weighted by molar-refractivity contribution is 6.39. The topological polar surface area (TPSA) is 0 Å². The monoisotopic (exact) mass is 684 g/mol. The van der Waals surface area contributed by atoms with Crippen LogP contribution in [-0.2, 0) is 12.8 Å². The maximum atomic E-state index is 2.51. The standard InChI is InChI=1S/C54H36/c1-5-15-37(16-6-1)45-33-47-48(34-46(45)38-17-7-2-8-18-38)53-52(44-30-28-36-24-14-26-42(36)32-44)50(39-19-9-3-10-20-39)51(40-21-11-4-12-22-40)54(53)49(47)43-29-27-35-23-13-25-41(35)31-43/h1-23,26-34H,24-25H2. The van der Waals surface area contributed by atoms with Gasteiger partial charge in [-0.05, 0) is 142 Å². The lowest BCUT2D eigenvalue weighted by atomic mass is 9.84. The van der Waals surface area contributed by atoms with Crippen molar-refractivity contribution in [2.24, 2.45) is 0 Å². The molecular weight excluding hydrogens is 649 g/mol. The molecule has 11 rings (SSSR count). The van der Waals surface area contributed by atoms with Gasteiger partial charge in [0, 0.05) is 0 Å². The van der Waals surface area contributed by atoms with Gasteiger partial charge in [0.15, 0.2) is 0 Å². The fourth-order valence-corrected chi connectivity index (χ4v) is 9.20. The fraction of sp³-hybridized carbons (Fsp3) is 0.0370. The maximum absolute atomic E-state index is 2.51. The van der Waals surface area contributed by atoms with Crippen LogP contribution in [0.15, 0.2) is 188 Å². The lowest BCUT2D eigenvalue weighted by Crippen LogP contribution is -1.98. The minimum atomic E-state index is 0.966. The Bertz CT molecular complexity index is 2810. The Labute approximate surface area is 317 Å². The third-order valence-corrected chi connectivity index (χ3v) is 11.6. The van der Waals surface area contributed by atoms with Crippen LogP contribution in [0.2, 0.25) is 0 Å². The molecule has 0 amide bonds. The number of fused-ring (bicyclic) bond motifs is 5. The molecule has 0 saturated carbocycles. The normalized spacial score (nSPS) is 14.9. The highest BCUT2D eigenvalue weighted by Gasteiger charge is 2.41. The van der Waals surface area contributed by atoms with Crippen LogP contribution in [-0.4, -0.2) is 0 Å². The van der Waals surface area contributed by atoms with E-state index < -0.39 is 0 Å². The summed E-state index contributed by atoms with van der Waals surface area (Å²) in [5, 5.41) is 0. The molecule has 0 bridgehead atoms. The first-order valence-corrected chi connectivity index (χ1v) is 19.0. The van der Waals surface area contributed by atoms with Gasteiger partial charge in [0.25, 0.3) is 0 Å². The predicted octanol–water partition coefficient (Wildman–Crippen LogP) is 13.5. The van der Waals surface area contributed by atoms with E-state index in [-0.39, 0.29) is 0 Å². The second-order valence-electron chi connectivity index (χ2n) is 14.7. The summed E-state index contributed by atoms with van der Waals surface area (Å²) in [6.45, 7) is 0. The van der Waals surface area contributed by atoms with Gasteiger partial charge in [-0.1, -0.05) is 176 Å². The van der Waals surface area contributed by atoms with Crippen molar-refractivity contribution < 1.29 is 0 Å². The third-order valence-electron chi connectivity index (χ3n) is 11.6. The summed E-state index contributed by atoms with van der Waals surface area (Å²) in [4.78, 5) is 0. The van der Waals surface area contributed by atoms with Crippen LogP contribution in [0.1, 0.15) is 55.6 Å². The van der Waals surface area contributed by atoms with E-state index in [0.717, 1.165) is 12.8 Å². The molecule has 0 unspecified atom stereocenters. The van der Waals surface area contributed by atoms with Crippen LogP contribution < -0.4 is 0 Å². The highest BCUT2D eigenvalue weighted by atomic mass is 14.4. The van der Waals surface area contributed by atoms with Gasteiger partial charge in [-0.2, -0.15) is 0 Å². The van der Waals surface area contributed by atoms with Gasteiger partial charge in [-0.15, -0.1) is 0 Å². The van der Waals surface area contributed by atoms with E-state index in [4.69, 9.17) is 0 Å². The zero-order chi connectivity index (χ0) is 35.6. The van der Waals surface area contributed by atoms with Crippen molar-refractivity contribution in [3.8, 4) is 22.3 Å². The van der Waals surface area contributed by atoms with Crippen LogP contribution in [0, 0.1) is 0 Å². The van der Waals surface area contributed by atoms with E-state index in [1.165, 1.54) is 111 Å². The lowest BCUT2D eigenvalue weighted by Gasteiger charge is -2.19. The number of hydrogen-bond acceptors (Lipinski definition) is 0. The van der Waals surface area contributed by atoms with E-state index in [1.54, 1.807) is 0 Å². The first-order valence-electron chi connectivity index (χ1n) is 19.0. The maximum Gasteiger partial charge on any atom is -0.000137 e. The van der Waals surface area contributed by atoms with Crippen molar-refractivity contribution in [3.63, 3.8) is 0 Å². The second kappa shape index (κ2) is 12.4. The Morgan fingerprint density at radius 3 is 1.33 bits per heavy atom. The molecule has 54 heavy (non-hydrogen) atoms.